The molecule has 0 heterocycles. The average Bonchev–Trinajstić information content (AvgIpc) is 2.34. The number of rotatable bonds is 7. The molecule has 0 saturated carbocycles. The van der Waals surface area contributed by atoms with Crippen molar-refractivity contribution in [2.75, 3.05) is 13.1 Å². The van der Waals surface area contributed by atoms with Gasteiger partial charge in [-0.25, -0.2) is 0 Å². The van der Waals surface area contributed by atoms with Gasteiger partial charge in [-0.05, 0) is 37.9 Å². The lowest BCUT2D eigenvalue weighted by Gasteiger charge is -2.22. The number of hydrogen-bond donors (Lipinski definition) is 3. The topological polar surface area (TPSA) is 58.3 Å². The first-order chi connectivity index (χ1) is 8.13. The van der Waals surface area contributed by atoms with Crippen molar-refractivity contribution in [1.29, 1.82) is 0 Å². The zero-order valence-corrected chi connectivity index (χ0v) is 13.2. The quantitative estimate of drug-likeness (QED) is 0.725. The number of benzene rings is 1. The maximum absolute atomic E-state index is 9.54. The van der Waals surface area contributed by atoms with Gasteiger partial charge in [-0.2, -0.15) is 0 Å². The molecule has 19 heavy (non-hydrogen) atoms. The zero-order chi connectivity index (χ0) is 12.7. The molecule has 0 bridgehead atoms. The fraction of sp³-hybridized carbons (Fsp3) is 0.571. The van der Waals surface area contributed by atoms with E-state index in [1.165, 1.54) is 5.56 Å². The van der Waals surface area contributed by atoms with Crippen molar-refractivity contribution in [3.05, 3.63) is 35.9 Å². The molecule has 0 aliphatic heterocycles. The second kappa shape index (κ2) is 11.5. The van der Waals surface area contributed by atoms with Crippen LogP contribution in [0.2, 0.25) is 0 Å². The highest BCUT2D eigenvalue weighted by molar-refractivity contribution is 5.85. The van der Waals surface area contributed by atoms with E-state index in [0.29, 0.717) is 12.5 Å². The molecule has 0 amide bonds. The highest BCUT2D eigenvalue weighted by Gasteiger charge is 2.14. The minimum atomic E-state index is -0.305. The second-order valence-electron chi connectivity index (χ2n) is 4.80. The summed E-state index contributed by atoms with van der Waals surface area (Å²) in [6.45, 7) is 5.51. The summed E-state index contributed by atoms with van der Waals surface area (Å²) < 4.78 is 0. The van der Waals surface area contributed by atoms with Crippen LogP contribution in [-0.4, -0.2) is 24.3 Å². The lowest BCUT2D eigenvalue weighted by Crippen LogP contribution is -2.31. The third-order valence-electron chi connectivity index (χ3n) is 2.89. The summed E-state index contributed by atoms with van der Waals surface area (Å²) in [7, 11) is 0. The third-order valence-corrected chi connectivity index (χ3v) is 2.89. The molecule has 1 rings (SSSR count). The molecule has 0 radical (unpaired) electrons. The largest absolute Gasteiger partial charge is 0.393 e. The fourth-order valence-electron chi connectivity index (χ4n) is 1.79. The summed E-state index contributed by atoms with van der Waals surface area (Å²) in [5.74, 6) is 0.454. The molecule has 4 N–H and O–H groups in total. The van der Waals surface area contributed by atoms with E-state index < -0.39 is 0 Å². The Bertz CT molecular complexity index is 310. The predicted octanol–water partition coefficient (Wildman–Crippen LogP) is 2.53. The Morgan fingerprint density at radius 3 is 2.21 bits per heavy atom. The van der Waals surface area contributed by atoms with E-state index in [1.807, 2.05) is 25.1 Å². The molecule has 3 atom stereocenters. The van der Waals surface area contributed by atoms with Crippen LogP contribution in [0.1, 0.15) is 31.9 Å². The number of halogens is 2. The van der Waals surface area contributed by atoms with Gasteiger partial charge in [0.15, 0.2) is 0 Å². The van der Waals surface area contributed by atoms with Crippen molar-refractivity contribution in [3.8, 4) is 0 Å². The number of aliphatic hydroxyl groups excluding tert-OH is 1. The number of hydrogen-bond acceptors (Lipinski definition) is 3. The Morgan fingerprint density at radius 1 is 1.16 bits per heavy atom. The number of nitrogens with one attached hydrogen (secondary N) is 1. The Balaban J connectivity index is 0. The van der Waals surface area contributed by atoms with Crippen LogP contribution in [0, 0.1) is 5.92 Å². The van der Waals surface area contributed by atoms with Gasteiger partial charge in [0.2, 0.25) is 0 Å². The molecule has 112 valence electrons. The first-order valence-corrected chi connectivity index (χ1v) is 6.30. The van der Waals surface area contributed by atoms with E-state index >= 15 is 0 Å². The normalized spacial score (nSPS) is 14.7. The average molecular weight is 309 g/mol. The lowest BCUT2D eigenvalue weighted by atomic mass is 10.0. The number of nitrogens with two attached hydrogens (primary N) is 1. The fourth-order valence-corrected chi connectivity index (χ4v) is 1.79. The lowest BCUT2D eigenvalue weighted by molar-refractivity contribution is 0.167. The van der Waals surface area contributed by atoms with E-state index in [4.69, 9.17) is 5.73 Å². The van der Waals surface area contributed by atoms with Crippen LogP contribution in [0.4, 0.5) is 0 Å². The van der Waals surface area contributed by atoms with Gasteiger partial charge in [0.25, 0.3) is 0 Å². The van der Waals surface area contributed by atoms with E-state index in [-0.39, 0.29) is 37.0 Å². The van der Waals surface area contributed by atoms with Crippen LogP contribution in [-0.2, 0) is 0 Å². The van der Waals surface area contributed by atoms with Gasteiger partial charge in [-0.15, -0.1) is 24.8 Å². The first-order valence-electron chi connectivity index (χ1n) is 6.30. The Kier molecular flexibility index (Phi) is 12.7. The monoisotopic (exact) mass is 308 g/mol. The SMILES string of the molecule is CC(CN)CNC(C[C@@H](C)O)c1ccccc1.Cl.Cl. The van der Waals surface area contributed by atoms with Crippen molar-refractivity contribution in [3.63, 3.8) is 0 Å². The Hall–Kier alpha value is -0.320. The molecule has 2 unspecified atom stereocenters. The molecule has 0 fully saturated rings. The molecule has 3 nitrogen and oxygen atoms in total. The van der Waals surface area contributed by atoms with Crippen molar-refractivity contribution >= 4 is 24.8 Å². The highest BCUT2D eigenvalue weighted by atomic mass is 35.5. The summed E-state index contributed by atoms with van der Waals surface area (Å²) in [6.07, 6.45) is 0.419. The number of aliphatic hydroxyl groups is 1. The van der Waals surface area contributed by atoms with Crippen molar-refractivity contribution in [2.24, 2.45) is 11.7 Å². The first kappa shape index (κ1) is 21.0. The van der Waals surface area contributed by atoms with Gasteiger partial charge in [0.05, 0.1) is 6.10 Å². The van der Waals surface area contributed by atoms with Crippen LogP contribution in [0.25, 0.3) is 0 Å². The summed E-state index contributed by atoms with van der Waals surface area (Å²) in [6, 6.07) is 10.4. The van der Waals surface area contributed by atoms with E-state index in [1.54, 1.807) is 0 Å². The molecular formula is C14H26Cl2N2O. The minimum Gasteiger partial charge on any atom is -0.393 e. The maximum Gasteiger partial charge on any atom is 0.0530 e. The van der Waals surface area contributed by atoms with Crippen LogP contribution >= 0.6 is 24.8 Å². The van der Waals surface area contributed by atoms with E-state index in [0.717, 1.165) is 13.0 Å². The van der Waals surface area contributed by atoms with Gasteiger partial charge in [0.1, 0.15) is 0 Å². The summed E-state index contributed by atoms with van der Waals surface area (Å²) >= 11 is 0. The van der Waals surface area contributed by atoms with Crippen molar-refractivity contribution in [2.45, 2.75) is 32.4 Å². The highest BCUT2D eigenvalue weighted by Crippen LogP contribution is 2.18. The molecule has 5 heteroatoms. The molecule has 0 aliphatic rings. The van der Waals surface area contributed by atoms with Crippen LogP contribution in [0.3, 0.4) is 0 Å². The third kappa shape index (κ3) is 8.45. The second-order valence-corrected chi connectivity index (χ2v) is 4.80. The van der Waals surface area contributed by atoms with Gasteiger partial charge >= 0.3 is 0 Å². The summed E-state index contributed by atoms with van der Waals surface area (Å²) in [5.41, 5.74) is 6.83. The zero-order valence-electron chi connectivity index (χ0n) is 11.6. The van der Waals surface area contributed by atoms with Gasteiger partial charge in [-0.3, -0.25) is 0 Å². The molecule has 0 saturated heterocycles. The molecule has 0 aliphatic carbocycles. The van der Waals surface area contributed by atoms with Crippen LogP contribution < -0.4 is 11.1 Å². The minimum absolute atomic E-state index is 0. The summed E-state index contributed by atoms with van der Waals surface area (Å²) in [5, 5.41) is 13.0. The van der Waals surface area contributed by atoms with E-state index in [2.05, 4.69) is 24.4 Å². The Morgan fingerprint density at radius 2 is 1.74 bits per heavy atom. The van der Waals surface area contributed by atoms with Crippen LogP contribution in [0.5, 0.6) is 0 Å². The summed E-state index contributed by atoms with van der Waals surface area (Å²) in [4.78, 5) is 0. The molecule has 1 aromatic carbocycles. The Labute approximate surface area is 128 Å². The molecule has 0 spiro atoms. The molecule has 0 aromatic heterocycles. The molecular weight excluding hydrogens is 283 g/mol. The van der Waals surface area contributed by atoms with E-state index in [9.17, 15) is 5.11 Å². The van der Waals surface area contributed by atoms with Crippen LogP contribution in [0.15, 0.2) is 30.3 Å². The predicted molar refractivity (Wildman–Crippen MR) is 86.2 cm³/mol. The standard InChI is InChI=1S/C14H24N2O.2ClH/c1-11(9-15)10-16-14(8-12(2)17)13-6-4-3-5-7-13;;/h3-7,11-12,14,16-17H,8-10,15H2,1-2H3;2*1H/t11?,12-,14?;;/m1../s1. The van der Waals surface area contributed by atoms with Gasteiger partial charge in [0, 0.05) is 6.04 Å². The van der Waals surface area contributed by atoms with Crippen molar-refractivity contribution < 1.29 is 5.11 Å². The van der Waals surface area contributed by atoms with Gasteiger partial charge < -0.3 is 16.2 Å². The van der Waals surface area contributed by atoms with Gasteiger partial charge in [-0.1, -0.05) is 37.3 Å². The van der Waals surface area contributed by atoms with Crippen molar-refractivity contribution in [1.82, 2.24) is 5.32 Å². The maximum atomic E-state index is 9.54. The molecule has 1 aromatic rings. The smallest absolute Gasteiger partial charge is 0.0530 e.